The maximum Gasteiger partial charge on any atom is 0.209 e. The molecule has 0 saturated heterocycles. The second-order valence-electron chi connectivity index (χ2n) is 3.58. The van der Waals surface area contributed by atoms with Crippen LogP contribution in [0, 0.1) is 0 Å². The Bertz CT molecular complexity index is 501. The van der Waals surface area contributed by atoms with Crippen LogP contribution in [-0.4, -0.2) is 31.1 Å². The number of benzene rings is 1. The van der Waals surface area contributed by atoms with Gasteiger partial charge in [0.05, 0.1) is 6.10 Å². The van der Waals surface area contributed by atoms with Crippen LogP contribution in [0.4, 0.5) is 5.69 Å². The van der Waals surface area contributed by atoms with Gasteiger partial charge in [-0.25, -0.2) is 4.68 Å². The standard InChI is InChI=1S/C10H13N5OS/c1-15-10(12-13-14-15)17-6-9(16)7-3-2-4-8(11)5-7/h2-5,9,16H,6,11H2,1H3. The highest BCUT2D eigenvalue weighted by molar-refractivity contribution is 7.99. The molecule has 0 aliphatic carbocycles. The predicted molar refractivity (Wildman–Crippen MR) is 65.3 cm³/mol. The van der Waals surface area contributed by atoms with Crippen molar-refractivity contribution in [2.24, 2.45) is 7.05 Å². The van der Waals surface area contributed by atoms with Crippen molar-refractivity contribution >= 4 is 17.4 Å². The monoisotopic (exact) mass is 251 g/mol. The number of aliphatic hydroxyl groups excluding tert-OH is 1. The Kier molecular flexibility index (Phi) is 3.60. The highest BCUT2D eigenvalue weighted by Crippen LogP contribution is 2.23. The van der Waals surface area contributed by atoms with Crippen molar-refractivity contribution in [3.8, 4) is 0 Å². The summed E-state index contributed by atoms with van der Waals surface area (Å²) in [7, 11) is 1.76. The van der Waals surface area contributed by atoms with E-state index in [1.165, 1.54) is 11.8 Å². The third kappa shape index (κ3) is 2.95. The molecule has 1 unspecified atom stereocenters. The molecular weight excluding hydrogens is 238 g/mol. The van der Waals surface area contributed by atoms with Crippen molar-refractivity contribution in [3.05, 3.63) is 29.8 Å². The van der Waals surface area contributed by atoms with E-state index in [2.05, 4.69) is 15.5 Å². The second kappa shape index (κ2) is 5.15. The van der Waals surface area contributed by atoms with Crippen LogP contribution in [0.15, 0.2) is 29.4 Å². The van der Waals surface area contributed by atoms with Crippen LogP contribution in [0.3, 0.4) is 0 Å². The Hall–Kier alpha value is -1.60. The SMILES string of the molecule is Cn1nnnc1SCC(O)c1cccc(N)c1. The molecule has 0 fully saturated rings. The van der Waals surface area contributed by atoms with E-state index in [0.29, 0.717) is 16.6 Å². The van der Waals surface area contributed by atoms with Gasteiger partial charge in [0.25, 0.3) is 0 Å². The number of nitrogen functional groups attached to an aromatic ring is 1. The van der Waals surface area contributed by atoms with E-state index in [9.17, 15) is 5.11 Å². The van der Waals surface area contributed by atoms with Gasteiger partial charge in [-0.3, -0.25) is 0 Å². The molecule has 0 aliphatic heterocycles. The molecule has 0 radical (unpaired) electrons. The molecule has 0 spiro atoms. The number of hydrogen-bond acceptors (Lipinski definition) is 6. The van der Waals surface area contributed by atoms with Gasteiger partial charge in [-0.1, -0.05) is 23.9 Å². The third-order valence-electron chi connectivity index (χ3n) is 2.25. The summed E-state index contributed by atoms with van der Waals surface area (Å²) >= 11 is 1.40. The molecule has 7 heteroatoms. The zero-order valence-corrected chi connectivity index (χ0v) is 10.1. The zero-order valence-electron chi connectivity index (χ0n) is 9.32. The maximum atomic E-state index is 9.98. The molecule has 0 saturated carbocycles. The molecule has 2 rings (SSSR count). The molecule has 2 aromatic rings. The minimum Gasteiger partial charge on any atom is -0.399 e. The molecule has 0 amide bonds. The Morgan fingerprint density at radius 2 is 2.35 bits per heavy atom. The van der Waals surface area contributed by atoms with Crippen LogP contribution in [-0.2, 0) is 7.05 Å². The second-order valence-corrected chi connectivity index (χ2v) is 4.57. The van der Waals surface area contributed by atoms with Gasteiger partial charge in [0.1, 0.15) is 0 Å². The minimum absolute atomic E-state index is 0.484. The summed E-state index contributed by atoms with van der Waals surface area (Å²) < 4.78 is 1.57. The van der Waals surface area contributed by atoms with Gasteiger partial charge >= 0.3 is 0 Å². The zero-order chi connectivity index (χ0) is 12.3. The molecule has 0 bridgehead atoms. The van der Waals surface area contributed by atoms with Crippen LogP contribution >= 0.6 is 11.8 Å². The molecule has 1 aromatic carbocycles. The van der Waals surface area contributed by atoms with Gasteiger partial charge in [-0.2, -0.15) is 0 Å². The van der Waals surface area contributed by atoms with Crippen molar-refractivity contribution in [2.75, 3.05) is 11.5 Å². The van der Waals surface area contributed by atoms with Gasteiger partial charge in [0.15, 0.2) is 0 Å². The summed E-state index contributed by atoms with van der Waals surface area (Å²) in [4.78, 5) is 0. The summed E-state index contributed by atoms with van der Waals surface area (Å²) in [5.74, 6) is 0.484. The predicted octanol–water partition coefficient (Wildman–Crippen LogP) is 0.618. The molecule has 3 N–H and O–H groups in total. The Balaban J connectivity index is 1.98. The molecule has 6 nitrogen and oxygen atoms in total. The average Bonchev–Trinajstić information content (AvgIpc) is 2.72. The van der Waals surface area contributed by atoms with Gasteiger partial charge in [0.2, 0.25) is 5.16 Å². The quantitative estimate of drug-likeness (QED) is 0.611. The minimum atomic E-state index is -0.583. The Labute approximate surface area is 103 Å². The van der Waals surface area contributed by atoms with E-state index in [0.717, 1.165) is 5.56 Å². The molecule has 17 heavy (non-hydrogen) atoms. The van der Waals surface area contributed by atoms with Crippen molar-refractivity contribution < 1.29 is 5.11 Å². The molecule has 0 aliphatic rings. The molecular formula is C10H13N5OS. The molecule has 1 atom stereocenters. The van der Waals surface area contributed by atoms with Crippen LogP contribution in [0.1, 0.15) is 11.7 Å². The lowest BCUT2D eigenvalue weighted by Gasteiger charge is -2.10. The number of aliphatic hydroxyl groups is 1. The highest BCUT2D eigenvalue weighted by atomic mass is 32.2. The molecule has 90 valence electrons. The number of nitrogens with zero attached hydrogens (tertiary/aromatic N) is 4. The lowest BCUT2D eigenvalue weighted by Crippen LogP contribution is -2.03. The number of hydrogen-bond donors (Lipinski definition) is 2. The summed E-state index contributed by atoms with van der Waals surface area (Å²) in [5.41, 5.74) is 7.10. The molecule has 1 heterocycles. The van der Waals surface area contributed by atoms with Gasteiger partial charge < -0.3 is 10.8 Å². The van der Waals surface area contributed by atoms with E-state index < -0.39 is 6.10 Å². The van der Waals surface area contributed by atoms with Crippen molar-refractivity contribution in [2.45, 2.75) is 11.3 Å². The van der Waals surface area contributed by atoms with Crippen LogP contribution in [0.5, 0.6) is 0 Å². The maximum absolute atomic E-state index is 9.98. The number of rotatable bonds is 4. The van der Waals surface area contributed by atoms with E-state index in [4.69, 9.17) is 5.73 Å². The van der Waals surface area contributed by atoms with Crippen LogP contribution < -0.4 is 5.73 Å². The van der Waals surface area contributed by atoms with Crippen LogP contribution in [0.2, 0.25) is 0 Å². The first kappa shape index (κ1) is 11.9. The lowest BCUT2D eigenvalue weighted by atomic mass is 10.1. The van der Waals surface area contributed by atoms with Gasteiger partial charge in [-0.15, -0.1) is 5.10 Å². The smallest absolute Gasteiger partial charge is 0.209 e. The topological polar surface area (TPSA) is 89.8 Å². The van der Waals surface area contributed by atoms with Gasteiger partial charge in [-0.05, 0) is 28.1 Å². The van der Waals surface area contributed by atoms with E-state index in [1.54, 1.807) is 23.9 Å². The van der Waals surface area contributed by atoms with E-state index in [1.807, 2.05) is 12.1 Å². The summed E-state index contributed by atoms with van der Waals surface area (Å²) in [6.45, 7) is 0. The normalized spacial score (nSPS) is 12.6. The molecule has 1 aromatic heterocycles. The average molecular weight is 251 g/mol. The number of tetrazole rings is 1. The summed E-state index contributed by atoms with van der Waals surface area (Å²) in [5, 5.41) is 21.7. The Morgan fingerprint density at radius 3 is 3.00 bits per heavy atom. The number of aromatic nitrogens is 4. The van der Waals surface area contributed by atoms with Crippen molar-refractivity contribution in [1.82, 2.24) is 20.2 Å². The highest BCUT2D eigenvalue weighted by Gasteiger charge is 2.11. The first-order chi connectivity index (χ1) is 8.16. The fraction of sp³-hybridized carbons (Fsp3) is 0.300. The lowest BCUT2D eigenvalue weighted by molar-refractivity contribution is 0.204. The van der Waals surface area contributed by atoms with Crippen molar-refractivity contribution in [3.63, 3.8) is 0 Å². The Morgan fingerprint density at radius 1 is 1.53 bits per heavy atom. The van der Waals surface area contributed by atoms with Crippen molar-refractivity contribution in [1.29, 1.82) is 0 Å². The fourth-order valence-corrected chi connectivity index (χ4v) is 2.18. The number of nitrogens with two attached hydrogens (primary N) is 1. The largest absolute Gasteiger partial charge is 0.399 e. The fourth-order valence-electron chi connectivity index (χ4n) is 1.36. The van der Waals surface area contributed by atoms with Gasteiger partial charge in [0, 0.05) is 18.5 Å². The number of thioether (sulfide) groups is 1. The summed E-state index contributed by atoms with van der Waals surface area (Å²) in [6, 6.07) is 7.22. The van der Waals surface area contributed by atoms with E-state index in [-0.39, 0.29) is 0 Å². The van der Waals surface area contributed by atoms with E-state index >= 15 is 0 Å². The number of anilines is 1. The first-order valence-corrected chi connectivity index (χ1v) is 6.04. The number of aryl methyl sites for hydroxylation is 1. The van der Waals surface area contributed by atoms with Crippen LogP contribution in [0.25, 0.3) is 0 Å². The summed E-state index contributed by atoms with van der Waals surface area (Å²) in [6.07, 6.45) is -0.583. The third-order valence-corrected chi connectivity index (χ3v) is 3.33. The first-order valence-electron chi connectivity index (χ1n) is 5.05.